The summed E-state index contributed by atoms with van der Waals surface area (Å²) >= 11 is 3.81. The zero-order chi connectivity index (χ0) is 22.0. The summed E-state index contributed by atoms with van der Waals surface area (Å²) in [6.45, 7) is 2.11. The molecule has 2 aromatic rings. The van der Waals surface area contributed by atoms with Crippen molar-refractivity contribution < 1.29 is 23.6 Å². The minimum absolute atomic E-state index is 0.236. The molecule has 1 unspecified atom stereocenters. The van der Waals surface area contributed by atoms with Gasteiger partial charge in [0.05, 0.1) is 47.5 Å². The van der Waals surface area contributed by atoms with Gasteiger partial charge in [-0.3, -0.25) is 9.59 Å². The van der Waals surface area contributed by atoms with Gasteiger partial charge in [0.15, 0.2) is 0 Å². The number of rotatable bonds is 5. The molecule has 1 N–H and O–H groups in total. The van der Waals surface area contributed by atoms with E-state index in [1.54, 1.807) is 24.3 Å². The van der Waals surface area contributed by atoms with E-state index >= 15 is 0 Å². The number of carbonyl (C=O) groups is 2. The summed E-state index contributed by atoms with van der Waals surface area (Å²) in [7, 11) is 0. The second kappa shape index (κ2) is 7.04. The normalized spacial score (nSPS) is 33.9. The minimum atomic E-state index is -1.09. The van der Waals surface area contributed by atoms with Crippen molar-refractivity contribution in [3.05, 3.63) is 42.0 Å². The molecule has 3 aliphatic heterocycles. The molecule has 3 aliphatic rings. The second-order valence-electron chi connectivity index (χ2n) is 8.54. The molecule has 2 amide bonds. The number of aliphatic hydroxyl groups excluding tert-OH is 1. The third-order valence-corrected chi connectivity index (χ3v) is 7.51. The van der Waals surface area contributed by atoms with Crippen LogP contribution in [0, 0.1) is 23.2 Å². The lowest BCUT2D eigenvalue weighted by Crippen LogP contribution is -2.51. The van der Waals surface area contributed by atoms with Crippen molar-refractivity contribution in [2.24, 2.45) is 11.8 Å². The van der Waals surface area contributed by atoms with Crippen LogP contribution in [0.25, 0.3) is 10.8 Å². The summed E-state index contributed by atoms with van der Waals surface area (Å²) in [5, 5.41) is 21.7. The first-order valence-electron chi connectivity index (χ1n) is 10.4. The van der Waals surface area contributed by atoms with E-state index in [2.05, 4.69) is 19.0 Å². The zero-order valence-electron chi connectivity index (χ0n) is 16.9. The summed E-state index contributed by atoms with van der Waals surface area (Å²) in [4.78, 5) is 28.7. The van der Waals surface area contributed by atoms with Gasteiger partial charge in [-0.15, -0.1) is 0 Å². The van der Waals surface area contributed by atoms with E-state index in [4.69, 9.17) is 8.92 Å². The quantitative estimate of drug-likeness (QED) is 0.423. The van der Waals surface area contributed by atoms with E-state index in [1.165, 1.54) is 4.90 Å². The van der Waals surface area contributed by atoms with Crippen molar-refractivity contribution in [2.75, 3.05) is 11.5 Å². The van der Waals surface area contributed by atoms with Gasteiger partial charge in [0, 0.05) is 23.6 Å². The van der Waals surface area contributed by atoms with Crippen LogP contribution in [0.1, 0.15) is 31.7 Å². The molecule has 3 fully saturated rings. The first kappa shape index (κ1) is 20.5. The van der Waals surface area contributed by atoms with Crippen molar-refractivity contribution in [2.45, 2.75) is 43.5 Å². The molecule has 7 nitrogen and oxygen atoms in total. The van der Waals surface area contributed by atoms with Crippen molar-refractivity contribution in [1.29, 1.82) is 5.26 Å². The molecular formula is C23H22N2O5S. The summed E-state index contributed by atoms with van der Waals surface area (Å²) in [5.74, 6) is -2.14. The maximum absolute atomic E-state index is 13.7. The van der Waals surface area contributed by atoms with Gasteiger partial charge in [0.25, 0.3) is 0 Å². The molecule has 0 spiro atoms. The number of nitriles is 1. The van der Waals surface area contributed by atoms with E-state index in [-0.39, 0.29) is 24.8 Å². The molecule has 2 bridgehead atoms. The molecule has 5 atom stereocenters. The van der Waals surface area contributed by atoms with Crippen molar-refractivity contribution in [3.8, 4) is 6.07 Å². The van der Waals surface area contributed by atoms with Gasteiger partial charge in [0.1, 0.15) is 5.60 Å². The van der Waals surface area contributed by atoms with E-state index in [9.17, 15) is 20.0 Å². The molecule has 31 heavy (non-hydrogen) atoms. The van der Waals surface area contributed by atoms with E-state index < -0.39 is 29.1 Å². The van der Waals surface area contributed by atoms with Crippen LogP contribution in [0.15, 0.2) is 36.4 Å². The van der Waals surface area contributed by atoms with Gasteiger partial charge in [-0.1, -0.05) is 31.2 Å². The summed E-state index contributed by atoms with van der Waals surface area (Å²) < 4.78 is 11.3. The molecule has 0 saturated carbocycles. The number of hydrogen-bond acceptors (Lipinski definition) is 7. The van der Waals surface area contributed by atoms with Gasteiger partial charge in [-0.05, 0) is 31.5 Å². The number of thiol groups is 1. The van der Waals surface area contributed by atoms with Crippen LogP contribution in [-0.4, -0.2) is 40.8 Å². The lowest BCUT2D eigenvalue weighted by molar-refractivity contribution is -0.137. The highest BCUT2D eigenvalue weighted by atomic mass is 32.1. The number of aliphatic hydroxyl groups is 1. The average molecular weight is 439 g/mol. The smallest absolute Gasteiger partial charge is 0.240 e. The van der Waals surface area contributed by atoms with E-state index in [0.717, 1.165) is 0 Å². The summed E-state index contributed by atoms with van der Waals surface area (Å²) in [6, 6.07) is 12.7. The third kappa shape index (κ3) is 2.52. The fourth-order valence-corrected chi connectivity index (χ4v) is 6.10. The van der Waals surface area contributed by atoms with Gasteiger partial charge >= 0.3 is 0 Å². The fourth-order valence-electron chi connectivity index (χ4n) is 6.01. The average Bonchev–Trinajstić information content (AvgIpc) is 3.35. The van der Waals surface area contributed by atoms with Crippen molar-refractivity contribution in [3.63, 3.8) is 0 Å². The van der Waals surface area contributed by atoms with Crippen LogP contribution < -0.4 is 4.90 Å². The second-order valence-corrected chi connectivity index (χ2v) is 8.79. The Kier molecular flexibility index (Phi) is 4.65. The monoisotopic (exact) mass is 438 g/mol. The van der Waals surface area contributed by atoms with Gasteiger partial charge in [-0.25, -0.2) is 4.90 Å². The van der Waals surface area contributed by atoms with E-state index in [0.29, 0.717) is 34.9 Å². The molecule has 3 heterocycles. The highest BCUT2D eigenvalue weighted by Crippen LogP contribution is 2.63. The fraction of sp³-hybridized carbons (Fsp3) is 0.435. The lowest BCUT2D eigenvalue weighted by Gasteiger charge is -2.34. The number of hydrogen-bond donors (Lipinski definition) is 2. The van der Waals surface area contributed by atoms with Gasteiger partial charge in [-0.2, -0.15) is 5.26 Å². The van der Waals surface area contributed by atoms with Crippen molar-refractivity contribution >= 4 is 41.2 Å². The number of fused-ring (bicyclic) bond motifs is 6. The van der Waals surface area contributed by atoms with Crippen LogP contribution in [0.2, 0.25) is 0 Å². The highest BCUT2D eigenvalue weighted by Gasteiger charge is 2.77. The Hall–Kier alpha value is -2.44. The van der Waals surface area contributed by atoms with Crippen LogP contribution in [-0.2, 0) is 18.5 Å². The molecule has 0 aromatic heterocycles. The zero-order valence-corrected chi connectivity index (χ0v) is 17.8. The first-order valence-corrected chi connectivity index (χ1v) is 10.7. The van der Waals surface area contributed by atoms with Gasteiger partial charge in [0.2, 0.25) is 11.8 Å². The predicted octanol–water partition coefficient (Wildman–Crippen LogP) is 2.75. The maximum Gasteiger partial charge on any atom is 0.240 e. The van der Waals surface area contributed by atoms with Crippen LogP contribution in [0.3, 0.4) is 0 Å². The number of nitrogens with zero attached hydrogens (tertiary/aromatic N) is 2. The lowest BCUT2D eigenvalue weighted by atomic mass is 9.64. The summed E-state index contributed by atoms with van der Waals surface area (Å²) in [5.41, 5.74) is -1.12. The van der Waals surface area contributed by atoms with Crippen LogP contribution >= 0.6 is 12.9 Å². The van der Waals surface area contributed by atoms with Gasteiger partial charge < -0.3 is 14.0 Å². The molecule has 0 radical (unpaired) electrons. The molecular weight excluding hydrogens is 416 g/mol. The Morgan fingerprint density at radius 1 is 1.23 bits per heavy atom. The van der Waals surface area contributed by atoms with E-state index in [1.807, 2.05) is 19.1 Å². The predicted molar refractivity (Wildman–Crippen MR) is 115 cm³/mol. The number of benzene rings is 2. The SMILES string of the molecule is CC[C@@]12OC(CCOS)(C[C@@H]1O)[C@H]1C(=O)N(c3ccc(C#N)c4ccccc34)C(=O)[C@H]12. The Morgan fingerprint density at radius 3 is 2.61 bits per heavy atom. The topological polar surface area (TPSA) is 99.9 Å². The summed E-state index contributed by atoms with van der Waals surface area (Å²) in [6.07, 6.45) is 0.213. The number of ether oxygens (including phenoxy) is 1. The van der Waals surface area contributed by atoms with Crippen LogP contribution in [0.4, 0.5) is 5.69 Å². The number of imide groups is 1. The first-order chi connectivity index (χ1) is 14.9. The Labute approximate surface area is 185 Å². The standard InChI is InChI=1S/C23H22N2O5S/c1-2-23-17(26)11-22(30-23,9-10-29-31)18-19(23)21(28)25(20(18)27)16-8-7-13(12-24)14-5-3-4-6-15(14)16/h3-8,17-19,26,31H,2,9-11H2,1H3/t17-,18+,19-,22?,23+/m0/s1. The molecule has 3 saturated heterocycles. The molecule has 0 aliphatic carbocycles. The highest BCUT2D eigenvalue weighted by molar-refractivity contribution is 7.75. The number of amides is 2. The Morgan fingerprint density at radius 2 is 1.94 bits per heavy atom. The molecule has 8 heteroatoms. The van der Waals surface area contributed by atoms with Crippen molar-refractivity contribution in [1.82, 2.24) is 0 Å². The molecule has 160 valence electrons. The number of carbonyl (C=O) groups excluding carboxylic acids is 2. The molecule has 2 aromatic carbocycles. The number of anilines is 1. The van der Waals surface area contributed by atoms with Crippen LogP contribution in [0.5, 0.6) is 0 Å². The Bertz CT molecular complexity index is 1150. The minimum Gasteiger partial charge on any atom is -0.390 e. The third-order valence-electron chi connectivity index (χ3n) is 7.33. The largest absolute Gasteiger partial charge is 0.390 e. The maximum atomic E-state index is 13.7. The molecule has 5 rings (SSSR count). The Balaban J connectivity index is 1.66.